The van der Waals surface area contributed by atoms with E-state index in [-0.39, 0.29) is 25.5 Å². The average molecular weight is 604 g/mol. The lowest BCUT2D eigenvalue weighted by atomic mass is 9.40. The molecule has 0 saturated heterocycles. The van der Waals surface area contributed by atoms with Crippen molar-refractivity contribution in [1.29, 1.82) is 0 Å². The second-order valence-electron chi connectivity index (χ2n) is 13.2. The molecule has 0 spiro atoms. The normalized spacial score (nSPS) is 14.1. The summed E-state index contributed by atoms with van der Waals surface area (Å²) in [5.41, 5.74) is 1.49. The molecule has 2 unspecified atom stereocenters. The number of carbonyl (C=O) groups excluding carboxylic acids is 3. The highest BCUT2D eigenvalue weighted by molar-refractivity contribution is 6.52. The predicted octanol–water partition coefficient (Wildman–Crippen LogP) is -2.95. The van der Waals surface area contributed by atoms with Gasteiger partial charge in [0.15, 0.2) is 0 Å². The Balaban J connectivity index is 2.39. The number of nitrogens with one attached hydrogen (secondary N) is 2. The first-order chi connectivity index (χ1) is 20.5. The van der Waals surface area contributed by atoms with E-state index in [9.17, 15) is 24.6 Å². The molecule has 2 rings (SSSR count). The Morgan fingerprint density at radius 1 is 1.11 bits per heavy atom. The number of halogens is 1. The first-order valence-corrected chi connectivity index (χ1v) is 15.1. The van der Waals surface area contributed by atoms with Gasteiger partial charge in [-0.3, -0.25) is 9.59 Å². The van der Waals surface area contributed by atoms with E-state index in [0.717, 1.165) is 17.7 Å². The Morgan fingerprint density at radius 3 is 2.30 bits per heavy atom. The van der Waals surface area contributed by atoms with Crippen LogP contribution >= 0.6 is 0 Å². The Morgan fingerprint density at radius 2 is 1.77 bits per heavy atom. The predicted molar refractivity (Wildman–Crippen MR) is 186 cm³/mol. The highest BCUT2D eigenvalue weighted by atomic mass is 19.1. The van der Waals surface area contributed by atoms with Gasteiger partial charge in [-0.25, -0.2) is 4.39 Å². The number of hydrogen-bond acceptors (Lipinski definition) is 7. The molecule has 2 aromatic rings. The molecule has 0 bridgehead atoms. The summed E-state index contributed by atoms with van der Waals surface area (Å²) in [7, 11) is 9.83. The second kappa shape index (κ2) is 15.3. The van der Waals surface area contributed by atoms with E-state index in [1.54, 1.807) is 6.07 Å². The van der Waals surface area contributed by atoms with Gasteiger partial charge in [0.1, 0.15) is 57.4 Å². The number of amides is 2. The molecule has 9 nitrogen and oxygen atoms in total. The Bertz CT molecular complexity index is 1310. The van der Waals surface area contributed by atoms with Crippen molar-refractivity contribution in [3.63, 3.8) is 0 Å². The highest BCUT2D eigenvalue weighted by Crippen LogP contribution is 2.34. The van der Waals surface area contributed by atoms with Gasteiger partial charge in [0.05, 0.1) is 12.1 Å². The van der Waals surface area contributed by atoms with Gasteiger partial charge in [0.2, 0.25) is 12.3 Å². The number of aldehydes is 1. The van der Waals surface area contributed by atoms with Crippen LogP contribution in [0, 0.1) is 18.7 Å². The van der Waals surface area contributed by atoms with Crippen molar-refractivity contribution in [2.75, 3.05) is 32.1 Å². The quantitative estimate of drug-likeness (QED) is 0.113. The molecule has 234 valence electrons. The minimum Gasteiger partial charge on any atom is -0.397 e. The SMILES string of the molecule is BC(B)(c1ccc(CNc2cccc(C)c2CN(C=O)C(C(=O)NC)C(B)(O)C(B)(B)C=O)c(F)c1)N(CCO)CC(C)C. The Hall–Kier alpha value is -3.02. The van der Waals surface area contributed by atoms with Gasteiger partial charge in [-0.15, -0.1) is 0 Å². The van der Waals surface area contributed by atoms with Crippen LogP contribution in [0.5, 0.6) is 0 Å². The minimum atomic E-state index is -1.90. The maximum absolute atomic E-state index is 15.5. The molecule has 2 atom stereocenters. The molecular weight excluding hydrogens is 557 g/mol. The van der Waals surface area contributed by atoms with Crippen LogP contribution in [0.2, 0.25) is 5.21 Å². The van der Waals surface area contributed by atoms with Crippen molar-refractivity contribution in [2.45, 2.75) is 56.0 Å². The van der Waals surface area contributed by atoms with Gasteiger partial charge in [-0.2, -0.15) is 0 Å². The molecule has 0 aliphatic heterocycles. The summed E-state index contributed by atoms with van der Waals surface area (Å²) in [6.45, 7) is 7.44. The molecule has 2 aromatic carbocycles. The molecule has 4 N–H and O–H groups in total. The molecule has 0 radical (unpaired) electrons. The molecule has 0 saturated carbocycles. The van der Waals surface area contributed by atoms with E-state index < -0.39 is 28.0 Å². The van der Waals surface area contributed by atoms with E-state index in [1.165, 1.54) is 41.6 Å². The van der Waals surface area contributed by atoms with Crippen molar-refractivity contribution in [1.82, 2.24) is 15.1 Å². The van der Waals surface area contributed by atoms with Crippen LogP contribution in [0.1, 0.15) is 36.1 Å². The van der Waals surface area contributed by atoms with Gasteiger partial charge in [0, 0.05) is 37.9 Å². The van der Waals surface area contributed by atoms with E-state index in [4.69, 9.17) is 0 Å². The summed E-state index contributed by atoms with van der Waals surface area (Å²) in [6.07, 6.45) is 1.06. The van der Waals surface area contributed by atoms with Crippen LogP contribution in [-0.4, -0.2) is 116 Å². The lowest BCUT2D eigenvalue weighted by Gasteiger charge is -2.45. The van der Waals surface area contributed by atoms with E-state index >= 15 is 4.39 Å². The molecule has 2 amide bonds. The number of aliphatic hydroxyl groups excluding tert-OH is 1. The number of likely N-dealkylation sites (N-methyl/N-ethyl adjacent to an activating group) is 1. The van der Waals surface area contributed by atoms with Crippen molar-refractivity contribution in [3.05, 3.63) is 64.5 Å². The van der Waals surface area contributed by atoms with E-state index in [2.05, 4.69) is 29.4 Å². The fraction of sp³-hybridized carbons (Fsp3) is 0.483. The average Bonchev–Trinajstić information content (AvgIpc) is 2.96. The van der Waals surface area contributed by atoms with Crippen LogP contribution in [0.3, 0.4) is 0 Å². The number of anilines is 1. The zero-order chi connectivity index (χ0) is 33.5. The fourth-order valence-corrected chi connectivity index (χ4v) is 5.39. The Labute approximate surface area is 265 Å². The van der Waals surface area contributed by atoms with Crippen LogP contribution in [0.25, 0.3) is 0 Å². The first kappa shape index (κ1) is 37.2. The van der Waals surface area contributed by atoms with Gasteiger partial charge in [-0.1, -0.05) is 38.1 Å². The topological polar surface area (TPSA) is 122 Å². The number of aliphatic hydroxyl groups is 2. The highest BCUT2D eigenvalue weighted by Gasteiger charge is 2.50. The number of benzene rings is 2. The number of carbonyl (C=O) groups is 3. The van der Waals surface area contributed by atoms with Gasteiger partial charge in [-0.05, 0) is 58.8 Å². The fourth-order valence-electron chi connectivity index (χ4n) is 5.39. The number of hydrogen-bond donors (Lipinski definition) is 4. The third kappa shape index (κ3) is 8.37. The maximum Gasteiger partial charge on any atom is 0.244 e. The maximum atomic E-state index is 15.5. The van der Waals surface area contributed by atoms with Crippen molar-refractivity contribution < 1.29 is 29.0 Å². The molecule has 0 heterocycles. The summed E-state index contributed by atoms with van der Waals surface area (Å²) in [5.74, 6) is -0.606. The monoisotopic (exact) mass is 604 g/mol. The van der Waals surface area contributed by atoms with Crippen molar-refractivity contribution >= 4 is 63.5 Å². The summed E-state index contributed by atoms with van der Waals surface area (Å²) in [5, 5.41) is 25.0. The van der Waals surface area contributed by atoms with E-state index in [1.807, 2.05) is 46.9 Å². The first-order valence-electron chi connectivity index (χ1n) is 15.1. The molecule has 15 heteroatoms. The molecule has 0 fully saturated rings. The molecule has 0 aliphatic rings. The van der Waals surface area contributed by atoms with Gasteiger partial charge in [0.25, 0.3) is 0 Å². The largest absolute Gasteiger partial charge is 0.397 e. The molecule has 44 heavy (non-hydrogen) atoms. The van der Waals surface area contributed by atoms with Crippen molar-refractivity contribution in [3.8, 4) is 0 Å². The summed E-state index contributed by atoms with van der Waals surface area (Å²) in [4.78, 5) is 40.6. The van der Waals surface area contributed by atoms with Crippen molar-refractivity contribution in [2.24, 2.45) is 5.92 Å². The second-order valence-corrected chi connectivity index (χ2v) is 13.2. The summed E-state index contributed by atoms with van der Waals surface area (Å²) in [6, 6.07) is 9.33. The number of nitrogens with zero attached hydrogens (tertiary/aromatic N) is 2. The lowest BCUT2D eigenvalue weighted by Crippen LogP contribution is -2.65. The van der Waals surface area contributed by atoms with Gasteiger partial charge < -0.3 is 35.4 Å². The molecule has 0 aliphatic carbocycles. The zero-order valence-electron chi connectivity index (χ0n) is 27.7. The zero-order valence-corrected chi connectivity index (χ0v) is 27.7. The van der Waals surface area contributed by atoms with Gasteiger partial charge >= 0.3 is 0 Å². The molecular formula is C29H46B5FN4O5. The Kier molecular flexibility index (Phi) is 12.9. The van der Waals surface area contributed by atoms with Crippen LogP contribution in [0.15, 0.2) is 36.4 Å². The van der Waals surface area contributed by atoms with Crippen LogP contribution < -0.4 is 10.6 Å². The molecule has 0 aromatic heterocycles. The third-order valence-corrected chi connectivity index (χ3v) is 8.82. The number of aryl methyl sites for hydroxylation is 1. The van der Waals surface area contributed by atoms with Crippen LogP contribution in [0.4, 0.5) is 10.1 Å². The third-order valence-electron chi connectivity index (χ3n) is 8.82. The van der Waals surface area contributed by atoms with Crippen LogP contribution in [-0.2, 0) is 32.8 Å². The number of rotatable bonds is 17. The summed E-state index contributed by atoms with van der Waals surface area (Å²) >= 11 is 0. The van der Waals surface area contributed by atoms with E-state index in [0.29, 0.717) is 42.0 Å². The standard InChI is InChI=1S/C29H46B5FN4O5/c1-18(2)14-39(10-11-40)29(33,34)21-9-8-20(23(35)12-21)13-37-24-7-5-6-19(3)22(24)15-38(17-42)25(26(43)36-4)28(32,44)27(30,31)16-41/h5-9,12,16-18,25,37,40,44H,10-11,13-15,30-34H2,1-4H3,(H,36,43). The minimum absolute atomic E-state index is 0.0112. The smallest absolute Gasteiger partial charge is 0.244 e. The summed E-state index contributed by atoms with van der Waals surface area (Å²) < 4.78 is 15.5. The lowest BCUT2D eigenvalue weighted by molar-refractivity contribution is -0.141.